The standard InChI is InChI=1S/C18H22N2O5/c1-11(16(21)20-9-5-8-14(20)17(22)23)19-13-10-15(25-18(13)24)12-6-3-2-4-7-12/h2-4,6-7,11,13-15,19H,5,8-10H2,1H3,(H,22,23)/t11-,13-,14-,15?/m0/s1. The number of cyclic esters (lactones) is 1. The van der Waals surface area contributed by atoms with Gasteiger partial charge in [0.05, 0.1) is 6.04 Å². The van der Waals surface area contributed by atoms with Crippen molar-refractivity contribution in [2.45, 2.75) is 50.4 Å². The van der Waals surface area contributed by atoms with Crippen molar-refractivity contribution in [2.75, 3.05) is 6.54 Å². The van der Waals surface area contributed by atoms with Gasteiger partial charge in [0.15, 0.2) is 0 Å². The predicted octanol–water partition coefficient (Wildman–Crippen LogP) is 1.10. The van der Waals surface area contributed by atoms with E-state index in [2.05, 4.69) is 5.32 Å². The van der Waals surface area contributed by atoms with Crippen LogP contribution in [0.3, 0.4) is 0 Å². The molecule has 7 heteroatoms. The molecule has 4 atom stereocenters. The lowest BCUT2D eigenvalue weighted by atomic mass is 10.0. The van der Waals surface area contributed by atoms with Crippen LogP contribution in [0.25, 0.3) is 0 Å². The minimum atomic E-state index is -0.984. The molecule has 3 rings (SSSR count). The Morgan fingerprint density at radius 2 is 2.04 bits per heavy atom. The Bertz CT molecular complexity index is 663. The maximum Gasteiger partial charge on any atom is 0.326 e. The summed E-state index contributed by atoms with van der Waals surface area (Å²) in [6.07, 6.45) is 1.27. The second-order valence-corrected chi connectivity index (χ2v) is 6.54. The minimum Gasteiger partial charge on any atom is -0.480 e. The number of benzene rings is 1. The first-order chi connectivity index (χ1) is 12.0. The number of nitrogens with zero attached hydrogens (tertiary/aromatic N) is 1. The van der Waals surface area contributed by atoms with E-state index in [0.717, 1.165) is 5.56 Å². The zero-order chi connectivity index (χ0) is 18.0. The molecule has 0 aliphatic carbocycles. The number of amides is 1. The van der Waals surface area contributed by atoms with Crippen LogP contribution in [0.5, 0.6) is 0 Å². The summed E-state index contributed by atoms with van der Waals surface area (Å²) in [5, 5.41) is 12.2. The number of esters is 1. The third-order valence-corrected chi connectivity index (χ3v) is 4.81. The molecule has 2 aliphatic heterocycles. The molecule has 2 fully saturated rings. The first-order valence-corrected chi connectivity index (χ1v) is 8.52. The van der Waals surface area contributed by atoms with Crippen molar-refractivity contribution in [3.63, 3.8) is 0 Å². The van der Waals surface area contributed by atoms with Gasteiger partial charge in [-0.15, -0.1) is 0 Å². The lowest BCUT2D eigenvalue weighted by Gasteiger charge is -2.26. The van der Waals surface area contributed by atoms with Crippen LogP contribution in [0.15, 0.2) is 30.3 Å². The summed E-state index contributed by atoms with van der Waals surface area (Å²) in [6.45, 7) is 2.09. The van der Waals surface area contributed by atoms with E-state index in [9.17, 15) is 19.5 Å². The molecule has 1 amide bonds. The molecule has 2 N–H and O–H groups in total. The minimum absolute atomic E-state index is 0.291. The van der Waals surface area contributed by atoms with Crippen LogP contribution in [-0.2, 0) is 19.1 Å². The summed E-state index contributed by atoms with van der Waals surface area (Å²) in [6, 6.07) is 7.47. The van der Waals surface area contributed by atoms with E-state index in [1.807, 2.05) is 30.3 Å². The quantitative estimate of drug-likeness (QED) is 0.775. The molecule has 0 aromatic heterocycles. The van der Waals surface area contributed by atoms with Gasteiger partial charge in [-0.3, -0.25) is 14.9 Å². The van der Waals surface area contributed by atoms with E-state index in [0.29, 0.717) is 25.8 Å². The number of carboxylic acids is 1. The molecule has 7 nitrogen and oxygen atoms in total. The van der Waals surface area contributed by atoms with Crippen molar-refractivity contribution in [2.24, 2.45) is 0 Å². The average Bonchev–Trinajstić information content (AvgIpc) is 3.22. The number of hydrogen-bond donors (Lipinski definition) is 2. The molecule has 1 aromatic carbocycles. The molecule has 1 aromatic rings. The molecule has 1 unspecified atom stereocenters. The highest BCUT2D eigenvalue weighted by atomic mass is 16.6. The van der Waals surface area contributed by atoms with Crippen molar-refractivity contribution >= 4 is 17.8 Å². The zero-order valence-corrected chi connectivity index (χ0v) is 14.1. The van der Waals surface area contributed by atoms with Gasteiger partial charge in [-0.05, 0) is 25.3 Å². The maximum atomic E-state index is 12.6. The number of carbonyl (C=O) groups excluding carboxylic acids is 2. The van der Waals surface area contributed by atoms with Gasteiger partial charge in [-0.2, -0.15) is 0 Å². The third-order valence-electron chi connectivity index (χ3n) is 4.81. The van der Waals surface area contributed by atoms with E-state index < -0.39 is 24.1 Å². The summed E-state index contributed by atoms with van der Waals surface area (Å²) in [7, 11) is 0. The lowest BCUT2D eigenvalue weighted by molar-refractivity contribution is -0.149. The number of ether oxygens (including phenoxy) is 1. The summed E-state index contributed by atoms with van der Waals surface area (Å²) in [5.74, 6) is -1.66. The Labute approximate surface area is 146 Å². The number of carbonyl (C=O) groups is 3. The fourth-order valence-corrected chi connectivity index (χ4v) is 3.50. The summed E-state index contributed by atoms with van der Waals surface area (Å²) < 4.78 is 5.41. The van der Waals surface area contributed by atoms with E-state index in [4.69, 9.17) is 4.74 Å². The van der Waals surface area contributed by atoms with E-state index in [1.54, 1.807) is 6.92 Å². The van der Waals surface area contributed by atoms with E-state index in [-0.39, 0.29) is 18.0 Å². The van der Waals surface area contributed by atoms with Crippen LogP contribution in [0.2, 0.25) is 0 Å². The summed E-state index contributed by atoms with van der Waals surface area (Å²) in [5.41, 5.74) is 0.921. The van der Waals surface area contributed by atoms with Gasteiger partial charge in [-0.1, -0.05) is 30.3 Å². The van der Waals surface area contributed by atoms with Crippen LogP contribution < -0.4 is 5.32 Å². The monoisotopic (exact) mass is 346 g/mol. The molecule has 0 spiro atoms. The van der Waals surface area contributed by atoms with Gasteiger partial charge in [0.2, 0.25) is 5.91 Å². The number of carboxylic acid groups (broad SMARTS) is 1. The molecule has 0 bridgehead atoms. The molecule has 0 radical (unpaired) electrons. The molecule has 2 saturated heterocycles. The molecule has 25 heavy (non-hydrogen) atoms. The molecule has 2 aliphatic rings. The Morgan fingerprint density at radius 3 is 2.72 bits per heavy atom. The Morgan fingerprint density at radius 1 is 1.32 bits per heavy atom. The van der Waals surface area contributed by atoms with Crippen molar-refractivity contribution < 1.29 is 24.2 Å². The lowest BCUT2D eigenvalue weighted by Crippen LogP contribution is -2.52. The Kier molecular flexibility index (Phi) is 5.03. The molecule has 0 saturated carbocycles. The van der Waals surface area contributed by atoms with E-state index in [1.165, 1.54) is 4.90 Å². The second kappa shape index (κ2) is 7.23. The zero-order valence-electron chi connectivity index (χ0n) is 14.1. The first-order valence-electron chi connectivity index (χ1n) is 8.52. The largest absolute Gasteiger partial charge is 0.480 e. The highest BCUT2D eigenvalue weighted by Crippen LogP contribution is 2.30. The maximum absolute atomic E-state index is 12.6. The molecular weight excluding hydrogens is 324 g/mol. The Hall–Kier alpha value is -2.41. The third kappa shape index (κ3) is 3.66. The topological polar surface area (TPSA) is 95.9 Å². The van der Waals surface area contributed by atoms with Gasteiger partial charge in [0.25, 0.3) is 0 Å². The van der Waals surface area contributed by atoms with Crippen LogP contribution >= 0.6 is 0 Å². The van der Waals surface area contributed by atoms with Crippen LogP contribution in [0.1, 0.15) is 37.9 Å². The average molecular weight is 346 g/mol. The van der Waals surface area contributed by atoms with Gasteiger partial charge < -0.3 is 14.7 Å². The van der Waals surface area contributed by atoms with Crippen molar-refractivity contribution in [3.05, 3.63) is 35.9 Å². The number of nitrogens with one attached hydrogen (secondary N) is 1. The second-order valence-electron chi connectivity index (χ2n) is 6.54. The fraction of sp³-hybridized carbons (Fsp3) is 0.500. The van der Waals surface area contributed by atoms with Gasteiger partial charge in [0.1, 0.15) is 18.2 Å². The van der Waals surface area contributed by atoms with Crippen LogP contribution in [0.4, 0.5) is 0 Å². The number of rotatable bonds is 5. The highest BCUT2D eigenvalue weighted by molar-refractivity contribution is 5.88. The first kappa shape index (κ1) is 17.4. The fourth-order valence-electron chi connectivity index (χ4n) is 3.50. The van der Waals surface area contributed by atoms with Gasteiger partial charge in [0, 0.05) is 13.0 Å². The van der Waals surface area contributed by atoms with Gasteiger partial charge >= 0.3 is 11.9 Å². The number of hydrogen-bond acceptors (Lipinski definition) is 5. The summed E-state index contributed by atoms with van der Waals surface area (Å²) in [4.78, 5) is 37.3. The van der Waals surface area contributed by atoms with Crippen molar-refractivity contribution in [1.29, 1.82) is 0 Å². The van der Waals surface area contributed by atoms with Crippen LogP contribution in [0, 0.1) is 0 Å². The van der Waals surface area contributed by atoms with Crippen molar-refractivity contribution in [1.82, 2.24) is 10.2 Å². The number of likely N-dealkylation sites (tertiary alicyclic amines) is 1. The summed E-state index contributed by atoms with van der Waals surface area (Å²) >= 11 is 0. The highest BCUT2D eigenvalue weighted by Gasteiger charge is 2.40. The number of aliphatic carboxylic acids is 1. The van der Waals surface area contributed by atoms with Crippen LogP contribution in [-0.4, -0.2) is 52.5 Å². The van der Waals surface area contributed by atoms with E-state index >= 15 is 0 Å². The molecular formula is C18H22N2O5. The Balaban J connectivity index is 1.61. The smallest absolute Gasteiger partial charge is 0.326 e. The van der Waals surface area contributed by atoms with Crippen molar-refractivity contribution in [3.8, 4) is 0 Å². The van der Waals surface area contributed by atoms with Gasteiger partial charge in [-0.25, -0.2) is 4.79 Å². The normalized spacial score (nSPS) is 27.2. The predicted molar refractivity (Wildman–Crippen MR) is 88.6 cm³/mol. The SMILES string of the molecule is C[C@H](N[C@H]1CC(c2ccccc2)OC1=O)C(=O)N1CCC[C@H]1C(=O)O. The molecule has 134 valence electrons. The molecule has 2 heterocycles.